The number of likely N-dealkylation sites (tertiary alicyclic amines) is 1. The van der Waals surface area contributed by atoms with Crippen molar-refractivity contribution in [2.75, 3.05) is 13.1 Å². The van der Waals surface area contributed by atoms with Gasteiger partial charge in [-0.1, -0.05) is 18.2 Å². The van der Waals surface area contributed by atoms with E-state index in [2.05, 4.69) is 21.8 Å². The summed E-state index contributed by atoms with van der Waals surface area (Å²) < 4.78 is 5.99. The predicted octanol–water partition coefficient (Wildman–Crippen LogP) is 2.37. The number of aromatic amines is 1. The summed E-state index contributed by atoms with van der Waals surface area (Å²) in [5.41, 5.74) is 2.30. The molecule has 0 saturated carbocycles. The molecule has 1 saturated heterocycles. The molecule has 19 heavy (non-hydrogen) atoms. The Bertz CT molecular complexity index is 523. The summed E-state index contributed by atoms with van der Waals surface area (Å²) in [5, 5.41) is 0. The summed E-state index contributed by atoms with van der Waals surface area (Å²) in [5.74, 6) is 0.963. The van der Waals surface area contributed by atoms with Gasteiger partial charge in [-0.25, -0.2) is 4.98 Å². The van der Waals surface area contributed by atoms with Gasteiger partial charge >= 0.3 is 0 Å². The maximum atomic E-state index is 5.99. The van der Waals surface area contributed by atoms with Gasteiger partial charge in [0.25, 0.3) is 0 Å². The van der Waals surface area contributed by atoms with Gasteiger partial charge in [-0.2, -0.15) is 0 Å². The van der Waals surface area contributed by atoms with Crippen LogP contribution in [0.5, 0.6) is 5.75 Å². The molecular weight excluding hydrogens is 238 g/mol. The molecule has 3 rings (SSSR count). The predicted molar refractivity (Wildman–Crippen MR) is 74.1 cm³/mol. The van der Waals surface area contributed by atoms with E-state index >= 15 is 0 Å². The number of aryl methyl sites for hydroxylation is 1. The topological polar surface area (TPSA) is 41.2 Å². The Morgan fingerprint density at radius 1 is 1.37 bits per heavy atom. The van der Waals surface area contributed by atoms with E-state index in [1.165, 1.54) is 0 Å². The molecule has 2 aromatic rings. The van der Waals surface area contributed by atoms with Crippen LogP contribution >= 0.6 is 0 Å². The van der Waals surface area contributed by atoms with E-state index in [4.69, 9.17) is 4.74 Å². The SMILES string of the molecule is Cc1[nH]cnc1CN1CC[C@H](Oc2ccccc2)C1. The van der Waals surface area contributed by atoms with Gasteiger partial charge in [0.1, 0.15) is 11.9 Å². The van der Waals surface area contributed by atoms with Crippen molar-refractivity contribution in [1.29, 1.82) is 0 Å². The largest absolute Gasteiger partial charge is 0.489 e. The minimum atomic E-state index is 0.293. The van der Waals surface area contributed by atoms with Crippen LogP contribution in [0, 0.1) is 6.92 Å². The molecule has 0 amide bonds. The van der Waals surface area contributed by atoms with Crippen LogP contribution in [-0.4, -0.2) is 34.1 Å². The molecule has 1 N–H and O–H groups in total. The second kappa shape index (κ2) is 5.45. The summed E-state index contributed by atoms with van der Waals surface area (Å²) >= 11 is 0. The first-order valence-electron chi connectivity index (χ1n) is 6.74. The molecule has 4 nitrogen and oxygen atoms in total. The quantitative estimate of drug-likeness (QED) is 0.914. The fraction of sp³-hybridized carbons (Fsp3) is 0.400. The van der Waals surface area contributed by atoms with Gasteiger partial charge in [-0.05, 0) is 25.5 Å². The summed E-state index contributed by atoms with van der Waals surface area (Å²) in [6.45, 7) is 5.02. The molecule has 100 valence electrons. The average molecular weight is 257 g/mol. The molecule has 1 aromatic carbocycles. The molecule has 1 aliphatic heterocycles. The first-order chi connectivity index (χ1) is 9.31. The molecule has 2 heterocycles. The molecule has 4 heteroatoms. The molecule has 0 bridgehead atoms. The highest BCUT2D eigenvalue weighted by Crippen LogP contribution is 2.19. The number of para-hydroxylation sites is 1. The van der Waals surface area contributed by atoms with Gasteiger partial charge in [0.2, 0.25) is 0 Å². The number of hydrogen-bond donors (Lipinski definition) is 1. The van der Waals surface area contributed by atoms with E-state index in [-0.39, 0.29) is 0 Å². The van der Waals surface area contributed by atoms with E-state index in [0.29, 0.717) is 6.10 Å². The number of imidazole rings is 1. The van der Waals surface area contributed by atoms with Crippen LogP contribution in [0.3, 0.4) is 0 Å². The standard InChI is InChI=1S/C15H19N3O/c1-12-15(17-11-16-12)10-18-8-7-14(9-18)19-13-5-3-2-4-6-13/h2-6,11,14H,7-10H2,1H3,(H,16,17)/t14-/m0/s1. The van der Waals surface area contributed by atoms with Gasteiger partial charge in [0.05, 0.1) is 12.0 Å². The molecule has 1 aliphatic rings. The van der Waals surface area contributed by atoms with Crippen molar-refractivity contribution in [1.82, 2.24) is 14.9 Å². The van der Waals surface area contributed by atoms with E-state index in [9.17, 15) is 0 Å². The number of aromatic nitrogens is 2. The molecule has 0 radical (unpaired) electrons. The van der Waals surface area contributed by atoms with Crippen molar-refractivity contribution >= 4 is 0 Å². The Morgan fingerprint density at radius 2 is 2.21 bits per heavy atom. The van der Waals surface area contributed by atoms with Crippen molar-refractivity contribution in [2.24, 2.45) is 0 Å². The van der Waals surface area contributed by atoms with Crippen molar-refractivity contribution in [3.8, 4) is 5.75 Å². The van der Waals surface area contributed by atoms with Gasteiger partial charge in [0.15, 0.2) is 0 Å². The third-order valence-corrected chi connectivity index (χ3v) is 3.58. The highest BCUT2D eigenvalue weighted by Gasteiger charge is 2.24. The molecule has 1 atom stereocenters. The van der Waals surface area contributed by atoms with Crippen LogP contribution < -0.4 is 4.74 Å². The third-order valence-electron chi connectivity index (χ3n) is 3.58. The van der Waals surface area contributed by atoms with Crippen LogP contribution in [0.15, 0.2) is 36.7 Å². The lowest BCUT2D eigenvalue weighted by molar-refractivity contribution is 0.198. The first-order valence-corrected chi connectivity index (χ1v) is 6.74. The van der Waals surface area contributed by atoms with Gasteiger partial charge in [-0.15, -0.1) is 0 Å². The molecule has 1 aromatic heterocycles. The number of H-pyrrole nitrogens is 1. The number of benzene rings is 1. The Labute approximate surface area is 113 Å². The number of hydrogen-bond acceptors (Lipinski definition) is 3. The van der Waals surface area contributed by atoms with Crippen molar-refractivity contribution in [2.45, 2.75) is 26.0 Å². The second-order valence-corrected chi connectivity index (χ2v) is 5.05. The molecular formula is C15H19N3O. The number of ether oxygens (including phenoxy) is 1. The maximum absolute atomic E-state index is 5.99. The summed E-state index contributed by atoms with van der Waals surface area (Å²) in [6.07, 6.45) is 3.14. The number of rotatable bonds is 4. The summed E-state index contributed by atoms with van der Waals surface area (Å²) in [6, 6.07) is 10.1. The van der Waals surface area contributed by atoms with E-state index < -0.39 is 0 Å². The molecule has 1 fully saturated rings. The van der Waals surface area contributed by atoms with Crippen LogP contribution in [-0.2, 0) is 6.54 Å². The average Bonchev–Trinajstić information content (AvgIpc) is 3.02. The highest BCUT2D eigenvalue weighted by molar-refractivity contribution is 5.21. The lowest BCUT2D eigenvalue weighted by Gasteiger charge is -2.16. The van der Waals surface area contributed by atoms with Crippen molar-refractivity contribution in [3.63, 3.8) is 0 Å². The Hall–Kier alpha value is -1.81. The minimum Gasteiger partial charge on any atom is -0.489 e. The van der Waals surface area contributed by atoms with Crippen molar-refractivity contribution < 1.29 is 4.74 Å². The Morgan fingerprint density at radius 3 is 2.95 bits per heavy atom. The molecule has 0 aliphatic carbocycles. The molecule has 0 unspecified atom stereocenters. The normalized spacial score (nSPS) is 19.7. The van der Waals surface area contributed by atoms with Gasteiger partial charge < -0.3 is 9.72 Å². The lowest BCUT2D eigenvalue weighted by Crippen LogP contribution is -2.25. The Kier molecular flexibility index (Phi) is 3.51. The summed E-state index contributed by atoms with van der Waals surface area (Å²) in [4.78, 5) is 9.87. The van der Waals surface area contributed by atoms with E-state index in [1.807, 2.05) is 30.3 Å². The monoisotopic (exact) mass is 257 g/mol. The second-order valence-electron chi connectivity index (χ2n) is 5.05. The Balaban J connectivity index is 1.54. The van der Waals surface area contributed by atoms with Gasteiger partial charge in [-0.3, -0.25) is 4.90 Å². The van der Waals surface area contributed by atoms with E-state index in [0.717, 1.165) is 43.2 Å². The zero-order valence-electron chi connectivity index (χ0n) is 11.2. The van der Waals surface area contributed by atoms with Crippen LogP contribution in [0.2, 0.25) is 0 Å². The fourth-order valence-corrected chi connectivity index (χ4v) is 2.49. The number of nitrogens with zero attached hydrogens (tertiary/aromatic N) is 2. The lowest BCUT2D eigenvalue weighted by atomic mass is 10.3. The number of nitrogens with one attached hydrogen (secondary N) is 1. The third kappa shape index (κ3) is 2.96. The van der Waals surface area contributed by atoms with Crippen LogP contribution in [0.4, 0.5) is 0 Å². The van der Waals surface area contributed by atoms with Crippen LogP contribution in [0.1, 0.15) is 17.8 Å². The van der Waals surface area contributed by atoms with Gasteiger partial charge in [0, 0.05) is 25.3 Å². The molecule has 0 spiro atoms. The van der Waals surface area contributed by atoms with E-state index in [1.54, 1.807) is 6.33 Å². The fourth-order valence-electron chi connectivity index (χ4n) is 2.49. The maximum Gasteiger partial charge on any atom is 0.119 e. The first kappa shape index (κ1) is 12.2. The highest BCUT2D eigenvalue weighted by atomic mass is 16.5. The zero-order valence-corrected chi connectivity index (χ0v) is 11.2. The van der Waals surface area contributed by atoms with Crippen LogP contribution in [0.25, 0.3) is 0 Å². The minimum absolute atomic E-state index is 0.293. The van der Waals surface area contributed by atoms with Crippen molar-refractivity contribution in [3.05, 3.63) is 48.0 Å². The zero-order chi connectivity index (χ0) is 13.1. The summed E-state index contributed by atoms with van der Waals surface area (Å²) in [7, 11) is 0. The smallest absolute Gasteiger partial charge is 0.119 e.